The molecule has 7 nitrogen and oxygen atoms in total. The number of aliphatic carboxylic acids is 1. The molecule has 2 aromatic carbocycles. The Hall–Kier alpha value is -2.51. The lowest BCUT2D eigenvalue weighted by molar-refractivity contribution is -0.142. The summed E-state index contributed by atoms with van der Waals surface area (Å²) >= 11 is 1.12. The number of thioether (sulfide) groups is 1. The van der Waals surface area contributed by atoms with Gasteiger partial charge in [-0.3, -0.25) is 4.79 Å². The summed E-state index contributed by atoms with van der Waals surface area (Å²) in [6.07, 6.45) is -1.32. The van der Waals surface area contributed by atoms with E-state index < -0.39 is 51.5 Å². The number of nitrogens with zero attached hydrogens (tertiary/aromatic N) is 2. The molecule has 0 saturated heterocycles. The van der Waals surface area contributed by atoms with Crippen LogP contribution >= 0.6 is 11.8 Å². The number of fused-ring (bicyclic) bond motifs is 1. The van der Waals surface area contributed by atoms with Gasteiger partial charge in [-0.2, -0.15) is 4.31 Å². The molecule has 0 amide bonds. The van der Waals surface area contributed by atoms with Crippen LogP contribution in [0, 0.1) is 5.92 Å². The number of alkyl halides is 4. The van der Waals surface area contributed by atoms with E-state index in [2.05, 4.69) is 0 Å². The number of benzene rings is 2. The van der Waals surface area contributed by atoms with Gasteiger partial charge in [-0.05, 0) is 38.5 Å². The highest BCUT2D eigenvalue weighted by Crippen LogP contribution is 2.51. The number of sulfonamides is 1. The second kappa shape index (κ2) is 11.4. The van der Waals surface area contributed by atoms with Crippen LogP contribution in [-0.2, 0) is 14.8 Å². The third-order valence-corrected chi connectivity index (χ3v) is 10.3. The molecule has 2 aliphatic rings. The molecule has 2 atom stereocenters. The van der Waals surface area contributed by atoms with E-state index >= 15 is 0 Å². The SMILES string of the molecule is C[C@H](COc1cc2c(cc1SC1CC(F)(F)C1)N(c1ccccc1)C[C@@H](CCC(C)(F)F)N(C)S2(=O)=O)C(=O)O. The molecular formula is C27H32F4N2O5S2. The number of carboxylic acid groups (broad SMARTS) is 1. The fraction of sp³-hybridized carbons (Fsp3) is 0.519. The maximum absolute atomic E-state index is 13.9. The molecule has 0 radical (unpaired) electrons. The van der Waals surface area contributed by atoms with Crippen LogP contribution in [0.2, 0.25) is 0 Å². The normalized spacial score (nSPS) is 21.7. The van der Waals surface area contributed by atoms with Crippen molar-refractivity contribution in [2.45, 2.75) is 72.5 Å². The highest BCUT2D eigenvalue weighted by atomic mass is 32.2. The standard InChI is InChI=1S/C27H32F4N2O5S2/c1-17(25(34)35)16-38-22-12-24-21(11-23(22)39-20-13-27(30,31)14-20)33(18-7-5-4-6-8-18)15-19(9-10-26(2,28)29)32(3)40(24,36)37/h4-8,11-12,17,19-20H,9-10,13-16H2,1-3H3,(H,34,35)/t17-,19-/m1/s1. The van der Waals surface area contributed by atoms with E-state index in [1.807, 2.05) is 0 Å². The maximum atomic E-state index is 13.9. The molecule has 220 valence electrons. The van der Waals surface area contributed by atoms with Crippen LogP contribution in [0.15, 0.2) is 52.3 Å². The highest BCUT2D eigenvalue weighted by Gasteiger charge is 2.46. The van der Waals surface area contributed by atoms with E-state index in [1.165, 1.54) is 20.0 Å². The summed E-state index contributed by atoms with van der Waals surface area (Å²) < 4.78 is 89.5. The van der Waals surface area contributed by atoms with Crippen LogP contribution in [0.5, 0.6) is 5.75 Å². The van der Waals surface area contributed by atoms with Gasteiger partial charge in [0.15, 0.2) is 0 Å². The Bertz CT molecular complexity index is 1330. The highest BCUT2D eigenvalue weighted by molar-refractivity contribution is 8.00. The molecule has 4 rings (SSSR count). The molecule has 13 heteroatoms. The molecule has 0 spiro atoms. The summed E-state index contributed by atoms with van der Waals surface area (Å²) in [6, 6.07) is 10.9. The molecule has 2 aromatic rings. The van der Waals surface area contributed by atoms with Crippen molar-refractivity contribution < 1.29 is 40.6 Å². The zero-order chi connectivity index (χ0) is 29.5. The quantitative estimate of drug-likeness (QED) is 0.321. The Morgan fingerprint density at radius 3 is 2.45 bits per heavy atom. The van der Waals surface area contributed by atoms with Crippen LogP contribution < -0.4 is 9.64 Å². The van der Waals surface area contributed by atoms with Crippen LogP contribution in [0.25, 0.3) is 0 Å². The molecule has 40 heavy (non-hydrogen) atoms. The zero-order valence-electron chi connectivity index (χ0n) is 22.3. The molecule has 1 aliphatic heterocycles. The molecule has 1 heterocycles. The largest absolute Gasteiger partial charge is 0.491 e. The first kappa shape index (κ1) is 30.4. The first-order valence-electron chi connectivity index (χ1n) is 12.8. The Kier molecular flexibility index (Phi) is 8.68. The van der Waals surface area contributed by atoms with Crippen molar-refractivity contribution in [1.82, 2.24) is 4.31 Å². The van der Waals surface area contributed by atoms with Crippen molar-refractivity contribution in [3.05, 3.63) is 42.5 Å². The summed E-state index contributed by atoms with van der Waals surface area (Å²) in [5.74, 6) is -7.72. The minimum Gasteiger partial charge on any atom is -0.491 e. The monoisotopic (exact) mass is 604 g/mol. The predicted molar refractivity (Wildman–Crippen MR) is 145 cm³/mol. The molecule has 0 aromatic heterocycles. The number of carboxylic acids is 1. The molecule has 0 bridgehead atoms. The van der Waals surface area contributed by atoms with Gasteiger partial charge in [-0.25, -0.2) is 26.0 Å². The third-order valence-electron chi connectivity index (χ3n) is 7.12. The molecule has 1 saturated carbocycles. The summed E-state index contributed by atoms with van der Waals surface area (Å²) in [5, 5.41) is 8.85. The minimum absolute atomic E-state index is 0.0654. The molecule has 1 N–H and O–H groups in total. The third kappa shape index (κ3) is 6.85. The molecule has 0 unspecified atom stereocenters. The van der Waals surface area contributed by atoms with Gasteiger partial charge in [0.25, 0.3) is 0 Å². The lowest BCUT2D eigenvalue weighted by Gasteiger charge is -2.35. The Morgan fingerprint density at radius 1 is 1.23 bits per heavy atom. The van der Waals surface area contributed by atoms with E-state index in [9.17, 15) is 35.9 Å². The Morgan fingerprint density at radius 2 is 1.88 bits per heavy atom. The number of halogens is 4. The lowest BCUT2D eigenvalue weighted by Crippen LogP contribution is -2.41. The van der Waals surface area contributed by atoms with Crippen LogP contribution in [-0.4, -0.2) is 67.1 Å². The summed E-state index contributed by atoms with van der Waals surface area (Å²) in [5.41, 5.74) is 0.887. The topological polar surface area (TPSA) is 87.2 Å². The van der Waals surface area contributed by atoms with Gasteiger partial charge in [0, 0.05) is 55.9 Å². The van der Waals surface area contributed by atoms with E-state index in [0.717, 1.165) is 23.0 Å². The number of anilines is 2. The van der Waals surface area contributed by atoms with Gasteiger partial charge in [-0.1, -0.05) is 18.2 Å². The van der Waals surface area contributed by atoms with E-state index in [-0.39, 0.29) is 48.7 Å². The van der Waals surface area contributed by atoms with E-state index in [1.54, 1.807) is 41.3 Å². The second-order valence-electron chi connectivity index (χ2n) is 10.6. The second-order valence-corrected chi connectivity index (χ2v) is 13.9. The predicted octanol–water partition coefficient (Wildman–Crippen LogP) is 6.25. The van der Waals surface area contributed by atoms with Gasteiger partial charge in [-0.15, -0.1) is 11.8 Å². The number of para-hydroxylation sites is 1. The Labute approximate surface area is 235 Å². The van der Waals surface area contributed by atoms with Crippen molar-refractivity contribution in [3.63, 3.8) is 0 Å². The van der Waals surface area contributed by atoms with Crippen molar-refractivity contribution in [1.29, 1.82) is 0 Å². The molecule has 1 fully saturated rings. The van der Waals surface area contributed by atoms with Crippen molar-refractivity contribution in [3.8, 4) is 5.75 Å². The lowest BCUT2D eigenvalue weighted by atomic mass is 9.94. The van der Waals surface area contributed by atoms with Gasteiger partial charge >= 0.3 is 5.97 Å². The van der Waals surface area contributed by atoms with Crippen molar-refractivity contribution >= 4 is 39.1 Å². The first-order valence-corrected chi connectivity index (χ1v) is 15.2. The minimum atomic E-state index is -4.23. The smallest absolute Gasteiger partial charge is 0.309 e. The summed E-state index contributed by atoms with van der Waals surface area (Å²) in [6.45, 7) is 2.03. The van der Waals surface area contributed by atoms with Crippen LogP contribution in [0.1, 0.15) is 39.5 Å². The zero-order valence-corrected chi connectivity index (χ0v) is 24.0. The number of carbonyl (C=O) groups is 1. The number of hydrogen-bond acceptors (Lipinski definition) is 6. The number of hydrogen-bond donors (Lipinski definition) is 1. The fourth-order valence-corrected chi connectivity index (χ4v) is 7.62. The van der Waals surface area contributed by atoms with E-state index in [4.69, 9.17) is 4.74 Å². The summed E-state index contributed by atoms with van der Waals surface area (Å²) in [7, 11) is -2.88. The van der Waals surface area contributed by atoms with Gasteiger partial charge in [0.05, 0.1) is 16.5 Å². The van der Waals surface area contributed by atoms with Gasteiger partial charge in [0.2, 0.25) is 21.9 Å². The van der Waals surface area contributed by atoms with Crippen molar-refractivity contribution in [2.24, 2.45) is 5.92 Å². The average Bonchev–Trinajstić information content (AvgIpc) is 2.93. The molecule has 1 aliphatic carbocycles. The average molecular weight is 605 g/mol. The van der Waals surface area contributed by atoms with Crippen LogP contribution in [0.4, 0.5) is 28.9 Å². The molecular weight excluding hydrogens is 572 g/mol. The fourth-order valence-electron chi connectivity index (χ4n) is 4.63. The summed E-state index contributed by atoms with van der Waals surface area (Å²) in [4.78, 5) is 13.4. The van der Waals surface area contributed by atoms with E-state index in [0.29, 0.717) is 10.6 Å². The van der Waals surface area contributed by atoms with Crippen LogP contribution in [0.3, 0.4) is 0 Å². The van der Waals surface area contributed by atoms with Gasteiger partial charge < -0.3 is 14.7 Å². The van der Waals surface area contributed by atoms with Crippen molar-refractivity contribution in [2.75, 3.05) is 25.1 Å². The number of likely N-dealkylation sites (N-methyl/N-ethyl adjacent to an activating group) is 1. The Balaban J connectivity index is 1.83. The number of rotatable bonds is 10. The number of ether oxygens (including phenoxy) is 1. The maximum Gasteiger partial charge on any atom is 0.309 e. The van der Waals surface area contributed by atoms with Gasteiger partial charge in [0.1, 0.15) is 17.3 Å². The first-order chi connectivity index (χ1) is 18.6.